The lowest BCUT2D eigenvalue weighted by molar-refractivity contribution is 0.838. The molecule has 0 spiro atoms. The van der Waals surface area contributed by atoms with E-state index >= 15 is 0 Å². The molecule has 21 heavy (non-hydrogen) atoms. The minimum Gasteiger partial charge on any atom is -0.343 e. The molecule has 0 fully saturated rings. The fourth-order valence-corrected chi connectivity index (χ4v) is 2.88. The molecule has 4 rings (SSSR count). The first-order valence-corrected chi connectivity index (χ1v) is 7.19. The van der Waals surface area contributed by atoms with Crippen LogP contribution >= 0.6 is 0 Å². The molecule has 0 aliphatic rings. The maximum atomic E-state index is 4.37. The number of fused-ring (bicyclic) bond motifs is 2. The summed E-state index contributed by atoms with van der Waals surface area (Å²) in [7, 11) is 0. The van der Waals surface area contributed by atoms with Crippen molar-refractivity contribution < 1.29 is 0 Å². The Bertz CT molecular complexity index is 935. The number of hydrogen-bond donors (Lipinski definition) is 0. The van der Waals surface area contributed by atoms with Gasteiger partial charge in [0.1, 0.15) is 0 Å². The van der Waals surface area contributed by atoms with E-state index in [1.807, 2.05) is 12.3 Å². The maximum Gasteiger partial charge on any atom is 0.0702 e. The van der Waals surface area contributed by atoms with Gasteiger partial charge in [-0.25, -0.2) is 0 Å². The summed E-state index contributed by atoms with van der Waals surface area (Å²) < 4.78 is 2.30. The van der Waals surface area contributed by atoms with Crippen LogP contribution in [0.3, 0.4) is 0 Å². The summed E-state index contributed by atoms with van der Waals surface area (Å²) in [4.78, 5) is 4.37. The third kappa shape index (κ3) is 2.19. The quantitative estimate of drug-likeness (QED) is 0.523. The summed E-state index contributed by atoms with van der Waals surface area (Å²) in [6, 6.07) is 19.4. The van der Waals surface area contributed by atoms with Crippen molar-refractivity contribution in [2.75, 3.05) is 0 Å². The molecule has 0 aliphatic carbocycles. The van der Waals surface area contributed by atoms with Crippen LogP contribution in [0.15, 0.2) is 67.0 Å². The monoisotopic (exact) mass is 272 g/mol. The molecule has 0 bridgehead atoms. The Kier molecular flexibility index (Phi) is 2.74. The topological polar surface area (TPSA) is 17.8 Å². The van der Waals surface area contributed by atoms with Crippen molar-refractivity contribution >= 4 is 21.8 Å². The fraction of sp³-hybridized carbons (Fsp3) is 0.105. The Morgan fingerprint density at radius 1 is 0.952 bits per heavy atom. The average Bonchev–Trinajstić information content (AvgIpc) is 2.89. The fourth-order valence-electron chi connectivity index (χ4n) is 2.88. The van der Waals surface area contributed by atoms with Crippen molar-refractivity contribution in [1.82, 2.24) is 9.55 Å². The molecule has 2 heterocycles. The molecule has 0 aliphatic heterocycles. The van der Waals surface area contributed by atoms with Crippen LogP contribution in [0.2, 0.25) is 0 Å². The number of rotatable bonds is 2. The largest absolute Gasteiger partial charge is 0.343 e. The third-order valence-electron chi connectivity index (χ3n) is 3.95. The van der Waals surface area contributed by atoms with Gasteiger partial charge in [-0.2, -0.15) is 0 Å². The molecule has 102 valence electrons. The van der Waals surface area contributed by atoms with Crippen molar-refractivity contribution in [3.05, 3.63) is 78.1 Å². The van der Waals surface area contributed by atoms with Crippen LogP contribution in [0.5, 0.6) is 0 Å². The Morgan fingerprint density at radius 2 is 1.90 bits per heavy atom. The van der Waals surface area contributed by atoms with Crippen molar-refractivity contribution in [2.24, 2.45) is 0 Å². The molecule has 0 N–H and O–H groups in total. The number of nitrogens with zero attached hydrogens (tertiary/aromatic N) is 2. The van der Waals surface area contributed by atoms with Crippen LogP contribution in [-0.2, 0) is 6.54 Å². The van der Waals surface area contributed by atoms with Crippen LogP contribution in [-0.4, -0.2) is 9.55 Å². The van der Waals surface area contributed by atoms with E-state index in [0.717, 1.165) is 12.1 Å². The van der Waals surface area contributed by atoms with Gasteiger partial charge in [0.2, 0.25) is 0 Å². The number of aromatic nitrogens is 2. The van der Waals surface area contributed by atoms with E-state index in [4.69, 9.17) is 0 Å². The van der Waals surface area contributed by atoms with E-state index in [1.165, 1.54) is 27.4 Å². The Balaban J connectivity index is 1.75. The first-order chi connectivity index (χ1) is 10.3. The van der Waals surface area contributed by atoms with Gasteiger partial charge in [-0.3, -0.25) is 4.98 Å². The smallest absolute Gasteiger partial charge is 0.0702 e. The van der Waals surface area contributed by atoms with E-state index in [9.17, 15) is 0 Å². The average molecular weight is 272 g/mol. The highest BCUT2D eigenvalue weighted by Crippen LogP contribution is 2.20. The zero-order valence-corrected chi connectivity index (χ0v) is 12.0. The van der Waals surface area contributed by atoms with Crippen molar-refractivity contribution in [2.45, 2.75) is 13.5 Å². The standard InChI is InChI=1S/C19H16N2/c1-14-4-7-19-17(11-14)8-10-21(19)13-15-5-6-18-16(12-15)3-2-9-20-18/h2-12H,13H2,1H3. The van der Waals surface area contributed by atoms with Gasteiger partial charge in [0, 0.05) is 29.8 Å². The van der Waals surface area contributed by atoms with Gasteiger partial charge in [-0.1, -0.05) is 23.8 Å². The van der Waals surface area contributed by atoms with Gasteiger partial charge < -0.3 is 4.57 Å². The molecule has 0 saturated carbocycles. The van der Waals surface area contributed by atoms with Gasteiger partial charge in [0.15, 0.2) is 0 Å². The highest BCUT2D eigenvalue weighted by atomic mass is 14.9. The summed E-state index contributed by atoms with van der Waals surface area (Å²) in [5, 5.41) is 2.50. The summed E-state index contributed by atoms with van der Waals surface area (Å²) in [6.45, 7) is 3.02. The maximum absolute atomic E-state index is 4.37. The van der Waals surface area contributed by atoms with Crippen LogP contribution in [0.1, 0.15) is 11.1 Å². The van der Waals surface area contributed by atoms with Gasteiger partial charge in [0.05, 0.1) is 5.52 Å². The minimum absolute atomic E-state index is 0.886. The van der Waals surface area contributed by atoms with Crippen molar-refractivity contribution in [3.63, 3.8) is 0 Å². The number of aryl methyl sites for hydroxylation is 1. The molecule has 2 heteroatoms. The van der Waals surface area contributed by atoms with Crippen LogP contribution < -0.4 is 0 Å². The Hall–Kier alpha value is -2.61. The van der Waals surface area contributed by atoms with E-state index < -0.39 is 0 Å². The number of hydrogen-bond acceptors (Lipinski definition) is 1. The molecule has 2 nitrogen and oxygen atoms in total. The molecule has 0 amide bonds. The van der Waals surface area contributed by atoms with Gasteiger partial charge in [-0.15, -0.1) is 0 Å². The van der Waals surface area contributed by atoms with Crippen molar-refractivity contribution in [3.8, 4) is 0 Å². The van der Waals surface area contributed by atoms with Gasteiger partial charge >= 0.3 is 0 Å². The Morgan fingerprint density at radius 3 is 2.86 bits per heavy atom. The van der Waals surface area contributed by atoms with E-state index in [1.54, 1.807) is 0 Å². The Labute approximate surface area is 123 Å². The lowest BCUT2D eigenvalue weighted by atomic mass is 10.1. The summed E-state index contributed by atoms with van der Waals surface area (Å²) in [5.41, 5.74) is 4.94. The van der Waals surface area contributed by atoms with Gasteiger partial charge in [0.25, 0.3) is 0 Å². The van der Waals surface area contributed by atoms with Crippen LogP contribution in [0.25, 0.3) is 21.8 Å². The van der Waals surface area contributed by atoms with Crippen LogP contribution in [0, 0.1) is 6.92 Å². The first-order valence-electron chi connectivity index (χ1n) is 7.19. The lowest BCUT2D eigenvalue weighted by Gasteiger charge is -2.07. The molecular formula is C19H16N2. The molecule has 2 aromatic carbocycles. The van der Waals surface area contributed by atoms with E-state index in [2.05, 4.69) is 71.2 Å². The molecule has 2 aromatic heterocycles. The van der Waals surface area contributed by atoms with E-state index in [-0.39, 0.29) is 0 Å². The van der Waals surface area contributed by atoms with Gasteiger partial charge in [-0.05, 0) is 54.3 Å². The van der Waals surface area contributed by atoms with Crippen LogP contribution in [0.4, 0.5) is 0 Å². The predicted octanol–water partition coefficient (Wildman–Crippen LogP) is 4.55. The first kappa shape index (κ1) is 12.2. The second-order valence-corrected chi connectivity index (χ2v) is 5.54. The zero-order chi connectivity index (χ0) is 14.2. The second-order valence-electron chi connectivity index (χ2n) is 5.54. The summed E-state index contributed by atoms with van der Waals surface area (Å²) >= 11 is 0. The third-order valence-corrected chi connectivity index (χ3v) is 3.95. The predicted molar refractivity (Wildman–Crippen MR) is 87.5 cm³/mol. The normalized spacial score (nSPS) is 11.3. The molecule has 0 atom stereocenters. The lowest BCUT2D eigenvalue weighted by Crippen LogP contribution is -1.97. The SMILES string of the molecule is Cc1ccc2c(ccn2Cc2ccc3ncccc3c2)c1. The molecule has 0 saturated heterocycles. The molecule has 0 unspecified atom stereocenters. The highest BCUT2D eigenvalue weighted by molar-refractivity contribution is 5.81. The van der Waals surface area contributed by atoms with E-state index in [0.29, 0.717) is 0 Å². The highest BCUT2D eigenvalue weighted by Gasteiger charge is 2.03. The van der Waals surface area contributed by atoms with Crippen molar-refractivity contribution in [1.29, 1.82) is 0 Å². The molecule has 0 radical (unpaired) electrons. The number of pyridine rings is 1. The molecule has 4 aromatic rings. The summed E-state index contributed by atoms with van der Waals surface area (Å²) in [5.74, 6) is 0. The number of benzene rings is 2. The summed E-state index contributed by atoms with van der Waals surface area (Å²) in [6.07, 6.45) is 4.00. The molecular weight excluding hydrogens is 256 g/mol. The minimum atomic E-state index is 0.886. The second kappa shape index (κ2) is 4.74. The zero-order valence-electron chi connectivity index (χ0n) is 12.0.